The molecule has 4 N–H and O–H groups in total. The second-order valence-electron chi connectivity index (χ2n) is 17.5. The lowest BCUT2D eigenvalue weighted by Crippen LogP contribution is -2.60. The van der Waals surface area contributed by atoms with E-state index in [4.69, 9.17) is 18.9 Å². The number of carbonyl (C=O) groups is 2. The normalized spacial score (nSPS) is 20.0. The van der Waals surface area contributed by atoms with E-state index in [0.717, 1.165) is 44.9 Å². The lowest BCUT2D eigenvalue weighted by Gasteiger charge is -2.40. The van der Waals surface area contributed by atoms with Gasteiger partial charge in [0.25, 0.3) is 10.1 Å². The summed E-state index contributed by atoms with van der Waals surface area (Å²) in [5, 5.41) is 30.9. The number of esters is 2. The van der Waals surface area contributed by atoms with Crippen LogP contribution in [0.4, 0.5) is 0 Å². The summed E-state index contributed by atoms with van der Waals surface area (Å²) in [7, 11) is -4.60. The largest absolute Gasteiger partial charge is 0.462 e. The van der Waals surface area contributed by atoms with E-state index in [1.54, 1.807) is 0 Å². The van der Waals surface area contributed by atoms with Crippen molar-refractivity contribution in [1.29, 1.82) is 0 Å². The molecule has 1 fully saturated rings. The molecule has 13 heteroatoms. The van der Waals surface area contributed by atoms with Crippen LogP contribution in [0.3, 0.4) is 0 Å². The molecule has 0 radical (unpaired) electrons. The molecule has 0 aromatic rings. The maximum atomic E-state index is 12.8. The molecule has 0 aromatic carbocycles. The Morgan fingerprint density at radius 2 is 0.934 bits per heavy atom. The minimum Gasteiger partial charge on any atom is -0.462 e. The van der Waals surface area contributed by atoms with Crippen LogP contribution >= 0.6 is 0 Å². The van der Waals surface area contributed by atoms with Crippen molar-refractivity contribution < 1.29 is 56.8 Å². The van der Waals surface area contributed by atoms with Gasteiger partial charge in [0.1, 0.15) is 36.8 Å². The Bertz CT molecular complexity index is 1180. The first-order valence-corrected chi connectivity index (χ1v) is 26.4. The summed E-state index contributed by atoms with van der Waals surface area (Å²) in [6.07, 6.45) is 32.6. The number of allylic oxidation sites excluding steroid dienone is 2. The Hall–Kier alpha value is -1.61. The van der Waals surface area contributed by atoms with Gasteiger partial charge in [-0.05, 0) is 38.5 Å². The molecule has 0 bridgehead atoms. The molecule has 61 heavy (non-hydrogen) atoms. The first-order valence-electron chi connectivity index (χ1n) is 24.7. The summed E-state index contributed by atoms with van der Waals surface area (Å²) in [4.78, 5) is 25.4. The summed E-state index contributed by atoms with van der Waals surface area (Å²) in [6, 6.07) is 0. The van der Waals surface area contributed by atoms with E-state index in [0.29, 0.717) is 12.8 Å². The third kappa shape index (κ3) is 33.6. The molecule has 1 rings (SSSR count). The average molecular weight is 891 g/mol. The van der Waals surface area contributed by atoms with Crippen molar-refractivity contribution in [2.45, 2.75) is 263 Å². The molecule has 0 amide bonds. The van der Waals surface area contributed by atoms with Crippen molar-refractivity contribution in [2.24, 2.45) is 0 Å². The van der Waals surface area contributed by atoms with Crippen molar-refractivity contribution in [3.05, 3.63) is 12.2 Å². The molecule has 6 atom stereocenters. The van der Waals surface area contributed by atoms with Crippen LogP contribution in [0.5, 0.6) is 0 Å². The van der Waals surface area contributed by atoms with Crippen LogP contribution in [0.2, 0.25) is 0 Å². The summed E-state index contributed by atoms with van der Waals surface area (Å²) >= 11 is 0. The van der Waals surface area contributed by atoms with Crippen LogP contribution in [0.25, 0.3) is 0 Å². The van der Waals surface area contributed by atoms with Gasteiger partial charge in [-0.3, -0.25) is 14.1 Å². The minimum absolute atomic E-state index is 0.167. The zero-order valence-corrected chi connectivity index (χ0v) is 39.4. The maximum absolute atomic E-state index is 12.8. The molecular formula is C48H90O12S. The van der Waals surface area contributed by atoms with Crippen molar-refractivity contribution in [1.82, 2.24) is 0 Å². The van der Waals surface area contributed by atoms with E-state index in [9.17, 15) is 37.9 Å². The van der Waals surface area contributed by atoms with Gasteiger partial charge >= 0.3 is 11.9 Å². The fourth-order valence-corrected chi connectivity index (χ4v) is 8.42. The van der Waals surface area contributed by atoms with Gasteiger partial charge < -0.3 is 34.3 Å². The number of aliphatic hydroxyl groups excluding tert-OH is 3. The molecule has 1 saturated heterocycles. The SMILES string of the molecule is CCCCCCCC/C=C/CCCCCC(=O)OC[C@H](CO[C@H]1O[C@H](CS(=O)(=O)O)[C@@H](O)C(O)C1O)OC(=O)CCCCCCCCCCCCCCCCCCCCCC. The number of hydrogen-bond acceptors (Lipinski definition) is 11. The van der Waals surface area contributed by atoms with Crippen LogP contribution in [0, 0.1) is 0 Å². The standard InChI is InChI=1S/C48H90O12S/c1-3-5-7-9-11-13-15-17-18-19-20-21-22-23-25-27-29-31-33-35-37-44(50)59-41(39-58-48-47(53)46(52)45(51)42(60-48)40-61(54,55)56)38-57-43(49)36-34-32-30-28-26-24-16-14-12-10-8-6-4-2/h24,26,41-42,45-48,51-53H,3-23,25,27-40H2,1-2H3,(H,54,55,56)/b26-24+/t41-,42-,45-,46?,47?,48+/m1/s1. The topological polar surface area (TPSA) is 186 Å². The Morgan fingerprint density at radius 1 is 0.541 bits per heavy atom. The van der Waals surface area contributed by atoms with Crippen LogP contribution in [0.15, 0.2) is 12.2 Å². The van der Waals surface area contributed by atoms with Gasteiger partial charge in [0.15, 0.2) is 12.4 Å². The lowest BCUT2D eigenvalue weighted by molar-refractivity contribution is -0.297. The summed E-state index contributed by atoms with van der Waals surface area (Å²) in [5.41, 5.74) is 0. The Balaban J connectivity index is 2.38. The molecule has 1 aliphatic heterocycles. The van der Waals surface area contributed by atoms with Crippen LogP contribution in [-0.4, -0.2) is 96.0 Å². The molecule has 0 aromatic heterocycles. The first-order chi connectivity index (χ1) is 29.5. The van der Waals surface area contributed by atoms with Gasteiger partial charge in [0.05, 0.1) is 6.61 Å². The fraction of sp³-hybridized carbons (Fsp3) is 0.917. The molecule has 1 heterocycles. The van der Waals surface area contributed by atoms with E-state index < -0.39 is 71.2 Å². The first kappa shape index (κ1) is 57.4. The number of rotatable bonds is 42. The number of unbranched alkanes of at least 4 members (excludes halogenated alkanes) is 28. The molecule has 0 aliphatic carbocycles. The zero-order valence-electron chi connectivity index (χ0n) is 38.5. The van der Waals surface area contributed by atoms with Crippen molar-refractivity contribution in [2.75, 3.05) is 19.0 Å². The van der Waals surface area contributed by atoms with Gasteiger partial charge in [0.2, 0.25) is 0 Å². The van der Waals surface area contributed by atoms with E-state index in [2.05, 4.69) is 26.0 Å². The molecule has 1 aliphatic rings. The van der Waals surface area contributed by atoms with Gasteiger partial charge in [-0.2, -0.15) is 8.42 Å². The lowest BCUT2D eigenvalue weighted by atomic mass is 10.00. The Morgan fingerprint density at radius 3 is 1.38 bits per heavy atom. The van der Waals surface area contributed by atoms with Crippen LogP contribution in [-0.2, 0) is 38.7 Å². The van der Waals surface area contributed by atoms with Crippen LogP contribution in [0.1, 0.15) is 226 Å². The number of carbonyl (C=O) groups excluding carboxylic acids is 2. The van der Waals surface area contributed by atoms with Crippen molar-refractivity contribution in [3.63, 3.8) is 0 Å². The van der Waals surface area contributed by atoms with E-state index in [-0.39, 0.29) is 19.4 Å². The smallest absolute Gasteiger partial charge is 0.306 e. The summed E-state index contributed by atoms with van der Waals surface area (Å²) in [5.74, 6) is -1.99. The van der Waals surface area contributed by atoms with Crippen molar-refractivity contribution >= 4 is 22.1 Å². The summed E-state index contributed by atoms with van der Waals surface area (Å²) in [6.45, 7) is 3.77. The van der Waals surface area contributed by atoms with Gasteiger partial charge in [-0.1, -0.05) is 187 Å². The monoisotopic (exact) mass is 891 g/mol. The highest BCUT2D eigenvalue weighted by Gasteiger charge is 2.46. The highest BCUT2D eigenvalue weighted by atomic mass is 32.2. The van der Waals surface area contributed by atoms with Crippen LogP contribution < -0.4 is 0 Å². The quantitative estimate of drug-likeness (QED) is 0.0197. The molecule has 0 spiro atoms. The molecule has 360 valence electrons. The highest BCUT2D eigenvalue weighted by molar-refractivity contribution is 7.85. The van der Waals surface area contributed by atoms with Crippen molar-refractivity contribution in [3.8, 4) is 0 Å². The van der Waals surface area contributed by atoms with Gasteiger partial charge in [-0.15, -0.1) is 0 Å². The maximum Gasteiger partial charge on any atom is 0.306 e. The molecule has 0 saturated carbocycles. The predicted octanol–water partition coefficient (Wildman–Crippen LogP) is 10.6. The number of ether oxygens (including phenoxy) is 4. The predicted molar refractivity (Wildman–Crippen MR) is 243 cm³/mol. The fourth-order valence-electron chi connectivity index (χ4n) is 7.73. The second kappa shape index (κ2) is 38.8. The Kier molecular flexibility index (Phi) is 36.5. The van der Waals surface area contributed by atoms with E-state index >= 15 is 0 Å². The highest BCUT2D eigenvalue weighted by Crippen LogP contribution is 2.24. The van der Waals surface area contributed by atoms with E-state index in [1.807, 2.05) is 0 Å². The average Bonchev–Trinajstić information content (AvgIpc) is 3.22. The molecular weight excluding hydrogens is 801 g/mol. The molecule has 2 unspecified atom stereocenters. The third-order valence-corrected chi connectivity index (χ3v) is 12.3. The Labute approximate surface area is 371 Å². The second-order valence-corrected chi connectivity index (χ2v) is 19.0. The third-order valence-electron chi connectivity index (χ3n) is 11.6. The number of hydrogen-bond donors (Lipinski definition) is 4. The van der Waals surface area contributed by atoms with Gasteiger partial charge in [0, 0.05) is 12.8 Å². The minimum atomic E-state index is -4.60. The summed E-state index contributed by atoms with van der Waals surface area (Å²) < 4.78 is 54.1. The van der Waals surface area contributed by atoms with E-state index in [1.165, 1.54) is 141 Å². The zero-order chi connectivity index (χ0) is 44.8. The number of aliphatic hydroxyl groups is 3. The molecule has 12 nitrogen and oxygen atoms in total. The van der Waals surface area contributed by atoms with Gasteiger partial charge in [-0.25, -0.2) is 0 Å².